The van der Waals surface area contributed by atoms with Gasteiger partial charge in [0.1, 0.15) is 0 Å². The van der Waals surface area contributed by atoms with Crippen molar-refractivity contribution in [1.82, 2.24) is 10.0 Å². The van der Waals surface area contributed by atoms with Crippen LogP contribution in [0.15, 0.2) is 16.3 Å². The molecule has 0 radical (unpaired) electrons. The number of thiophene rings is 1. The van der Waals surface area contributed by atoms with Gasteiger partial charge in [0, 0.05) is 28.9 Å². The highest BCUT2D eigenvalue weighted by molar-refractivity contribution is 7.89. The van der Waals surface area contributed by atoms with Crippen molar-refractivity contribution in [2.45, 2.75) is 57.1 Å². The van der Waals surface area contributed by atoms with Crippen molar-refractivity contribution in [1.29, 1.82) is 0 Å². The molecule has 6 heteroatoms. The number of sulfonamides is 1. The first kappa shape index (κ1) is 15.0. The molecule has 19 heavy (non-hydrogen) atoms. The van der Waals surface area contributed by atoms with Crippen molar-refractivity contribution in [2.24, 2.45) is 5.92 Å². The van der Waals surface area contributed by atoms with Gasteiger partial charge in [0.05, 0.1) is 4.90 Å². The summed E-state index contributed by atoms with van der Waals surface area (Å²) in [6.07, 6.45) is 1.90. The molecule has 0 aliphatic heterocycles. The lowest BCUT2D eigenvalue weighted by atomic mass is 9.83. The van der Waals surface area contributed by atoms with Crippen LogP contribution in [0.2, 0.25) is 0 Å². The van der Waals surface area contributed by atoms with Gasteiger partial charge in [0.15, 0.2) is 0 Å². The monoisotopic (exact) mass is 302 g/mol. The van der Waals surface area contributed by atoms with Gasteiger partial charge < -0.3 is 5.32 Å². The number of nitrogens with one attached hydrogen (secondary N) is 2. The molecular formula is C13H22N2O2S2. The smallest absolute Gasteiger partial charge is 0.241 e. The highest BCUT2D eigenvalue weighted by Gasteiger charge is 2.30. The van der Waals surface area contributed by atoms with Crippen molar-refractivity contribution >= 4 is 21.4 Å². The Bertz CT molecular complexity index is 517. The Morgan fingerprint density at radius 3 is 2.68 bits per heavy atom. The summed E-state index contributed by atoms with van der Waals surface area (Å²) in [5, 5.41) is 5.01. The minimum absolute atomic E-state index is 0.122. The van der Waals surface area contributed by atoms with Crippen LogP contribution >= 0.6 is 11.3 Å². The fourth-order valence-electron chi connectivity index (χ4n) is 2.18. The summed E-state index contributed by atoms with van der Waals surface area (Å²) >= 11 is 1.49. The van der Waals surface area contributed by atoms with Crippen molar-refractivity contribution < 1.29 is 8.42 Å². The molecular weight excluding hydrogens is 280 g/mol. The van der Waals surface area contributed by atoms with Crippen LogP contribution in [-0.4, -0.2) is 20.5 Å². The number of hydrogen-bond donors (Lipinski definition) is 2. The summed E-state index contributed by atoms with van der Waals surface area (Å²) < 4.78 is 27.1. The fourth-order valence-corrected chi connectivity index (χ4v) is 4.67. The SMILES string of the molecule is CC1CC(NS(=O)(=O)c2csc(CNC(C)C)c2)C1. The van der Waals surface area contributed by atoms with E-state index in [9.17, 15) is 8.42 Å². The minimum Gasteiger partial charge on any atom is -0.310 e. The molecule has 0 aromatic carbocycles. The Labute approximate surface area is 119 Å². The number of rotatable bonds is 6. The van der Waals surface area contributed by atoms with E-state index in [0.29, 0.717) is 16.9 Å². The van der Waals surface area contributed by atoms with Gasteiger partial charge >= 0.3 is 0 Å². The Morgan fingerprint density at radius 1 is 1.42 bits per heavy atom. The summed E-state index contributed by atoms with van der Waals surface area (Å²) in [6.45, 7) is 7.01. The molecule has 2 N–H and O–H groups in total. The Morgan fingerprint density at radius 2 is 2.11 bits per heavy atom. The van der Waals surface area contributed by atoms with E-state index in [4.69, 9.17) is 0 Å². The van der Waals surface area contributed by atoms with Crippen molar-refractivity contribution in [2.75, 3.05) is 0 Å². The van der Waals surface area contributed by atoms with Crippen LogP contribution in [0.1, 0.15) is 38.5 Å². The topological polar surface area (TPSA) is 58.2 Å². The molecule has 1 aromatic heterocycles. The van der Waals surface area contributed by atoms with Crippen LogP contribution in [0.5, 0.6) is 0 Å². The van der Waals surface area contributed by atoms with Gasteiger partial charge in [-0.25, -0.2) is 13.1 Å². The van der Waals surface area contributed by atoms with E-state index in [2.05, 4.69) is 30.8 Å². The fraction of sp³-hybridized carbons (Fsp3) is 0.692. The summed E-state index contributed by atoms with van der Waals surface area (Å²) in [6, 6.07) is 2.29. The zero-order valence-electron chi connectivity index (χ0n) is 11.6. The van der Waals surface area contributed by atoms with Crippen LogP contribution in [0.3, 0.4) is 0 Å². The second kappa shape index (κ2) is 5.91. The summed E-state index contributed by atoms with van der Waals surface area (Å²) in [5.74, 6) is 0.640. The van der Waals surface area contributed by atoms with Gasteiger partial charge in [-0.05, 0) is 24.8 Å². The zero-order chi connectivity index (χ0) is 14.0. The molecule has 0 amide bonds. The average Bonchev–Trinajstić information content (AvgIpc) is 2.73. The molecule has 0 bridgehead atoms. The lowest BCUT2D eigenvalue weighted by Crippen LogP contribution is -2.43. The van der Waals surface area contributed by atoms with E-state index in [0.717, 1.165) is 24.3 Å². The molecule has 0 spiro atoms. The Hall–Kier alpha value is -0.430. The Balaban J connectivity index is 1.96. The third-order valence-electron chi connectivity index (χ3n) is 3.32. The maximum absolute atomic E-state index is 12.2. The first-order valence-electron chi connectivity index (χ1n) is 6.70. The van der Waals surface area contributed by atoms with Gasteiger partial charge in [-0.3, -0.25) is 0 Å². The van der Waals surface area contributed by atoms with Crippen LogP contribution < -0.4 is 10.0 Å². The molecule has 1 saturated carbocycles. The molecule has 108 valence electrons. The second-order valence-corrected chi connectivity index (χ2v) is 8.39. The summed E-state index contributed by atoms with van der Waals surface area (Å²) in [4.78, 5) is 1.45. The Kier molecular flexibility index (Phi) is 4.66. The van der Waals surface area contributed by atoms with E-state index in [1.54, 1.807) is 11.4 Å². The van der Waals surface area contributed by atoms with E-state index >= 15 is 0 Å². The van der Waals surface area contributed by atoms with Gasteiger partial charge in [-0.1, -0.05) is 20.8 Å². The molecule has 0 atom stereocenters. The van der Waals surface area contributed by atoms with Crippen molar-refractivity contribution in [3.8, 4) is 0 Å². The standard InChI is InChI=1S/C13H22N2O2S2/c1-9(2)14-7-12-6-13(8-18-12)19(16,17)15-11-4-10(3)5-11/h6,8-11,14-15H,4-5,7H2,1-3H3. The lowest BCUT2D eigenvalue weighted by Gasteiger charge is -2.32. The van der Waals surface area contributed by atoms with E-state index in [1.165, 1.54) is 11.3 Å². The first-order chi connectivity index (χ1) is 8.87. The maximum Gasteiger partial charge on any atom is 0.241 e. The number of hydrogen-bond acceptors (Lipinski definition) is 4. The van der Waals surface area contributed by atoms with E-state index < -0.39 is 10.0 Å². The lowest BCUT2D eigenvalue weighted by molar-refractivity contribution is 0.270. The first-order valence-corrected chi connectivity index (χ1v) is 9.06. The van der Waals surface area contributed by atoms with Crippen LogP contribution in [0.25, 0.3) is 0 Å². The largest absolute Gasteiger partial charge is 0.310 e. The second-order valence-electron chi connectivity index (χ2n) is 5.68. The third kappa shape index (κ3) is 4.02. The molecule has 4 nitrogen and oxygen atoms in total. The zero-order valence-corrected chi connectivity index (χ0v) is 13.3. The summed E-state index contributed by atoms with van der Waals surface area (Å²) in [5.41, 5.74) is 0. The molecule has 1 aromatic rings. The van der Waals surface area contributed by atoms with Gasteiger partial charge in [0.2, 0.25) is 10.0 Å². The van der Waals surface area contributed by atoms with Gasteiger partial charge in [-0.2, -0.15) is 0 Å². The van der Waals surface area contributed by atoms with E-state index in [-0.39, 0.29) is 6.04 Å². The predicted molar refractivity (Wildman–Crippen MR) is 78.8 cm³/mol. The predicted octanol–water partition coefficient (Wildman–Crippen LogP) is 2.32. The van der Waals surface area contributed by atoms with Gasteiger partial charge in [-0.15, -0.1) is 11.3 Å². The summed E-state index contributed by atoms with van der Waals surface area (Å²) in [7, 11) is -3.33. The van der Waals surface area contributed by atoms with Crippen LogP contribution in [-0.2, 0) is 16.6 Å². The molecule has 1 aliphatic rings. The average molecular weight is 302 g/mol. The van der Waals surface area contributed by atoms with Gasteiger partial charge in [0.25, 0.3) is 0 Å². The minimum atomic E-state index is -3.33. The molecule has 0 unspecified atom stereocenters. The molecule has 0 saturated heterocycles. The highest BCUT2D eigenvalue weighted by Crippen LogP contribution is 2.28. The van der Waals surface area contributed by atoms with Crippen molar-refractivity contribution in [3.63, 3.8) is 0 Å². The van der Waals surface area contributed by atoms with Crippen molar-refractivity contribution in [3.05, 3.63) is 16.3 Å². The normalized spacial score (nSPS) is 23.6. The van der Waals surface area contributed by atoms with Crippen LogP contribution in [0, 0.1) is 5.92 Å². The quantitative estimate of drug-likeness (QED) is 0.848. The molecule has 1 aliphatic carbocycles. The molecule has 2 rings (SSSR count). The maximum atomic E-state index is 12.2. The van der Waals surface area contributed by atoms with Crippen LogP contribution in [0.4, 0.5) is 0 Å². The highest BCUT2D eigenvalue weighted by atomic mass is 32.2. The molecule has 1 heterocycles. The molecule has 1 fully saturated rings. The third-order valence-corrected chi connectivity index (χ3v) is 5.91. The van der Waals surface area contributed by atoms with E-state index in [1.807, 2.05) is 0 Å².